The predicted molar refractivity (Wildman–Crippen MR) is 80.6 cm³/mol. The van der Waals surface area contributed by atoms with Crippen molar-refractivity contribution in [2.24, 2.45) is 0 Å². The highest BCUT2D eigenvalue weighted by atomic mass is 19.1. The predicted octanol–water partition coefficient (Wildman–Crippen LogP) is 4.16. The van der Waals surface area contributed by atoms with Crippen molar-refractivity contribution in [1.82, 2.24) is 0 Å². The summed E-state index contributed by atoms with van der Waals surface area (Å²) in [7, 11) is 0. The van der Waals surface area contributed by atoms with E-state index in [4.69, 9.17) is 10.00 Å². The SMILES string of the molecule is N#Cc1cccc(C(C#N)CCCOc2ccc(F)cc2)c1. The summed E-state index contributed by atoms with van der Waals surface area (Å²) in [5.74, 6) is 0.0563. The molecule has 4 heteroatoms. The van der Waals surface area contributed by atoms with Crippen molar-refractivity contribution < 1.29 is 9.13 Å². The summed E-state index contributed by atoms with van der Waals surface area (Å²) in [6.07, 6.45) is 1.35. The van der Waals surface area contributed by atoms with Gasteiger partial charge in [0.25, 0.3) is 0 Å². The summed E-state index contributed by atoms with van der Waals surface area (Å²) < 4.78 is 18.3. The van der Waals surface area contributed by atoms with Crippen LogP contribution < -0.4 is 4.74 Å². The number of nitrogens with zero attached hydrogens (tertiary/aromatic N) is 2. The topological polar surface area (TPSA) is 56.8 Å². The van der Waals surface area contributed by atoms with Crippen molar-refractivity contribution in [3.63, 3.8) is 0 Å². The van der Waals surface area contributed by atoms with Crippen molar-refractivity contribution in [3.05, 3.63) is 65.5 Å². The van der Waals surface area contributed by atoms with Crippen LogP contribution in [0.25, 0.3) is 0 Å². The van der Waals surface area contributed by atoms with Gasteiger partial charge in [-0.05, 0) is 54.8 Å². The normalized spacial score (nSPS) is 11.2. The molecular formula is C18H15FN2O. The van der Waals surface area contributed by atoms with E-state index >= 15 is 0 Å². The molecule has 0 aromatic heterocycles. The van der Waals surface area contributed by atoms with Crippen LogP contribution in [0.5, 0.6) is 5.75 Å². The van der Waals surface area contributed by atoms with E-state index in [-0.39, 0.29) is 11.7 Å². The van der Waals surface area contributed by atoms with Crippen molar-refractivity contribution in [2.45, 2.75) is 18.8 Å². The molecule has 0 radical (unpaired) electrons. The Morgan fingerprint density at radius 1 is 1.09 bits per heavy atom. The molecule has 110 valence electrons. The minimum absolute atomic E-state index is 0.259. The zero-order valence-electron chi connectivity index (χ0n) is 12.0. The fraction of sp³-hybridized carbons (Fsp3) is 0.222. The Hall–Kier alpha value is -2.85. The highest BCUT2D eigenvalue weighted by molar-refractivity contribution is 5.36. The summed E-state index contributed by atoms with van der Waals surface area (Å²) in [6.45, 7) is 0.460. The van der Waals surface area contributed by atoms with Gasteiger partial charge in [0, 0.05) is 0 Å². The van der Waals surface area contributed by atoms with Crippen molar-refractivity contribution in [3.8, 4) is 17.9 Å². The molecule has 0 fully saturated rings. The van der Waals surface area contributed by atoms with Crippen LogP contribution in [0.2, 0.25) is 0 Å². The number of halogens is 1. The first-order chi connectivity index (χ1) is 10.7. The van der Waals surface area contributed by atoms with Gasteiger partial charge in [0.2, 0.25) is 0 Å². The minimum atomic E-state index is -0.297. The molecule has 0 aliphatic rings. The molecule has 0 heterocycles. The smallest absolute Gasteiger partial charge is 0.123 e. The molecule has 0 spiro atoms. The third-order valence-corrected chi connectivity index (χ3v) is 3.29. The number of hydrogen-bond acceptors (Lipinski definition) is 3. The Labute approximate surface area is 129 Å². The van der Waals surface area contributed by atoms with Crippen molar-refractivity contribution in [2.75, 3.05) is 6.61 Å². The van der Waals surface area contributed by atoms with E-state index in [0.717, 1.165) is 5.56 Å². The molecule has 0 bridgehead atoms. The minimum Gasteiger partial charge on any atom is -0.494 e. The lowest BCUT2D eigenvalue weighted by Crippen LogP contribution is -2.02. The average molecular weight is 294 g/mol. The van der Waals surface area contributed by atoms with Gasteiger partial charge in [-0.3, -0.25) is 0 Å². The van der Waals surface area contributed by atoms with Gasteiger partial charge < -0.3 is 4.74 Å². The molecule has 0 aliphatic carbocycles. The van der Waals surface area contributed by atoms with Gasteiger partial charge >= 0.3 is 0 Å². The maximum atomic E-state index is 12.8. The van der Waals surface area contributed by atoms with Crippen LogP contribution in [0.4, 0.5) is 4.39 Å². The van der Waals surface area contributed by atoms with E-state index in [0.29, 0.717) is 30.8 Å². The Balaban J connectivity index is 1.85. The molecule has 1 unspecified atom stereocenters. The van der Waals surface area contributed by atoms with Crippen molar-refractivity contribution in [1.29, 1.82) is 10.5 Å². The Morgan fingerprint density at radius 3 is 2.55 bits per heavy atom. The van der Waals surface area contributed by atoms with E-state index in [1.54, 1.807) is 30.3 Å². The molecular weight excluding hydrogens is 279 g/mol. The van der Waals surface area contributed by atoms with Crippen LogP contribution in [-0.2, 0) is 0 Å². The summed E-state index contributed by atoms with van der Waals surface area (Å²) >= 11 is 0. The lowest BCUT2D eigenvalue weighted by molar-refractivity contribution is 0.304. The number of nitriles is 2. The molecule has 2 aromatic rings. The summed E-state index contributed by atoms with van der Waals surface area (Å²) in [4.78, 5) is 0. The van der Waals surface area contributed by atoms with E-state index in [1.807, 2.05) is 6.07 Å². The maximum absolute atomic E-state index is 12.8. The van der Waals surface area contributed by atoms with Crippen LogP contribution in [0.1, 0.15) is 29.9 Å². The molecule has 2 aromatic carbocycles. The van der Waals surface area contributed by atoms with Crippen LogP contribution in [-0.4, -0.2) is 6.61 Å². The van der Waals surface area contributed by atoms with Crippen LogP contribution in [0.15, 0.2) is 48.5 Å². The van der Waals surface area contributed by atoms with Gasteiger partial charge in [-0.25, -0.2) is 4.39 Å². The van der Waals surface area contributed by atoms with Crippen LogP contribution in [0, 0.1) is 28.5 Å². The average Bonchev–Trinajstić information content (AvgIpc) is 2.56. The molecule has 1 atom stereocenters. The lowest BCUT2D eigenvalue weighted by Gasteiger charge is -2.10. The first-order valence-electron chi connectivity index (χ1n) is 7.01. The first kappa shape index (κ1) is 15.5. The second-order valence-electron chi connectivity index (χ2n) is 4.86. The first-order valence-corrected chi connectivity index (χ1v) is 7.01. The maximum Gasteiger partial charge on any atom is 0.123 e. The highest BCUT2D eigenvalue weighted by Crippen LogP contribution is 2.22. The largest absolute Gasteiger partial charge is 0.494 e. The van der Waals surface area contributed by atoms with Crippen LogP contribution in [0.3, 0.4) is 0 Å². The molecule has 0 amide bonds. The molecule has 3 nitrogen and oxygen atoms in total. The Morgan fingerprint density at radius 2 is 1.86 bits per heavy atom. The van der Waals surface area contributed by atoms with Crippen LogP contribution >= 0.6 is 0 Å². The van der Waals surface area contributed by atoms with Gasteiger partial charge in [-0.2, -0.15) is 10.5 Å². The van der Waals surface area contributed by atoms with E-state index in [1.165, 1.54) is 12.1 Å². The number of hydrogen-bond donors (Lipinski definition) is 0. The van der Waals surface area contributed by atoms with Gasteiger partial charge in [-0.15, -0.1) is 0 Å². The number of ether oxygens (including phenoxy) is 1. The second kappa shape index (κ2) is 7.81. The lowest BCUT2D eigenvalue weighted by atomic mass is 9.94. The fourth-order valence-corrected chi connectivity index (χ4v) is 2.14. The van der Waals surface area contributed by atoms with Gasteiger partial charge in [0.05, 0.1) is 30.2 Å². The molecule has 0 aliphatic heterocycles. The summed E-state index contributed by atoms with van der Waals surface area (Å²) in [5.41, 5.74) is 1.41. The molecule has 22 heavy (non-hydrogen) atoms. The second-order valence-corrected chi connectivity index (χ2v) is 4.86. The zero-order chi connectivity index (χ0) is 15.8. The van der Waals surface area contributed by atoms with Gasteiger partial charge in [-0.1, -0.05) is 12.1 Å². The summed E-state index contributed by atoms with van der Waals surface area (Å²) in [6, 6.07) is 17.3. The third kappa shape index (κ3) is 4.33. The highest BCUT2D eigenvalue weighted by Gasteiger charge is 2.11. The molecule has 0 saturated carbocycles. The quantitative estimate of drug-likeness (QED) is 0.751. The Bertz CT molecular complexity index is 698. The van der Waals surface area contributed by atoms with E-state index < -0.39 is 0 Å². The fourth-order valence-electron chi connectivity index (χ4n) is 2.14. The standard InChI is InChI=1S/C18H15FN2O/c19-17-6-8-18(9-7-17)22-10-2-5-16(13-21)15-4-1-3-14(11-15)12-20/h1,3-4,6-9,11,16H,2,5,10H2. The molecule has 0 N–H and O–H groups in total. The van der Waals surface area contributed by atoms with Gasteiger partial charge in [0.1, 0.15) is 11.6 Å². The molecule has 0 saturated heterocycles. The molecule has 2 rings (SSSR count). The van der Waals surface area contributed by atoms with E-state index in [9.17, 15) is 9.65 Å². The van der Waals surface area contributed by atoms with Gasteiger partial charge in [0.15, 0.2) is 0 Å². The number of rotatable bonds is 6. The number of benzene rings is 2. The monoisotopic (exact) mass is 294 g/mol. The Kier molecular flexibility index (Phi) is 5.51. The van der Waals surface area contributed by atoms with Crippen molar-refractivity contribution >= 4 is 0 Å². The zero-order valence-corrected chi connectivity index (χ0v) is 12.0. The van der Waals surface area contributed by atoms with E-state index in [2.05, 4.69) is 12.1 Å². The third-order valence-electron chi connectivity index (χ3n) is 3.29. The summed E-state index contributed by atoms with van der Waals surface area (Å²) in [5, 5.41) is 18.2.